The minimum atomic E-state index is -0.342. The molecule has 1 fully saturated rings. The maximum atomic E-state index is 11.8. The van der Waals surface area contributed by atoms with Crippen molar-refractivity contribution in [2.75, 3.05) is 37.6 Å². The lowest BCUT2D eigenvalue weighted by molar-refractivity contribution is 0.258. The fourth-order valence-electron chi connectivity index (χ4n) is 3.13. The van der Waals surface area contributed by atoms with Crippen LogP contribution < -0.4 is 10.5 Å². The summed E-state index contributed by atoms with van der Waals surface area (Å²) in [5.41, 5.74) is 2.70. The SMILES string of the molecule is CCCN1CCN(c2ccc(-c3ccc(C#N)c(=O)[nH]3)cc2)CC1. The maximum absolute atomic E-state index is 11.8. The van der Waals surface area contributed by atoms with E-state index in [1.165, 1.54) is 18.7 Å². The Hall–Kier alpha value is -2.58. The first-order chi connectivity index (χ1) is 11.7. The van der Waals surface area contributed by atoms with E-state index in [2.05, 4.69) is 33.8 Å². The van der Waals surface area contributed by atoms with E-state index < -0.39 is 0 Å². The van der Waals surface area contributed by atoms with Crippen molar-refractivity contribution in [1.82, 2.24) is 9.88 Å². The molecule has 0 unspecified atom stereocenters. The Balaban J connectivity index is 1.71. The van der Waals surface area contributed by atoms with Crippen molar-refractivity contribution in [2.24, 2.45) is 0 Å². The van der Waals surface area contributed by atoms with Crippen LogP contribution >= 0.6 is 0 Å². The van der Waals surface area contributed by atoms with Crippen molar-refractivity contribution in [3.05, 3.63) is 52.3 Å². The van der Waals surface area contributed by atoms with E-state index in [1.54, 1.807) is 12.1 Å². The first-order valence-electron chi connectivity index (χ1n) is 8.42. The predicted molar refractivity (Wildman–Crippen MR) is 96.2 cm³/mol. The number of piperazine rings is 1. The summed E-state index contributed by atoms with van der Waals surface area (Å²) in [6.45, 7) is 7.72. The third-order valence-corrected chi connectivity index (χ3v) is 4.49. The highest BCUT2D eigenvalue weighted by Gasteiger charge is 2.16. The van der Waals surface area contributed by atoms with Crippen LogP contribution in [0, 0.1) is 11.3 Å². The molecule has 0 bridgehead atoms. The number of anilines is 1. The van der Waals surface area contributed by atoms with Gasteiger partial charge in [0.15, 0.2) is 0 Å². The lowest BCUT2D eigenvalue weighted by atomic mass is 10.1. The Morgan fingerprint density at radius 1 is 1.08 bits per heavy atom. The van der Waals surface area contributed by atoms with E-state index in [0.717, 1.165) is 37.4 Å². The number of pyridine rings is 1. The summed E-state index contributed by atoms with van der Waals surface area (Å²) in [7, 11) is 0. The van der Waals surface area contributed by atoms with E-state index in [-0.39, 0.29) is 11.1 Å². The maximum Gasteiger partial charge on any atom is 0.266 e. The zero-order valence-electron chi connectivity index (χ0n) is 14.0. The van der Waals surface area contributed by atoms with Crippen LogP contribution in [0.3, 0.4) is 0 Å². The first kappa shape index (κ1) is 16.3. The molecule has 2 aromatic rings. The first-order valence-corrected chi connectivity index (χ1v) is 8.42. The summed E-state index contributed by atoms with van der Waals surface area (Å²) < 4.78 is 0. The standard InChI is InChI=1S/C19H22N4O/c1-2-9-22-10-12-23(13-11-22)17-6-3-15(4-7-17)18-8-5-16(14-20)19(24)21-18/h3-8H,2,9-13H2,1H3,(H,21,24). The van der Waals surface area contributed by atoms with Gasteiger partial charge >= 0.3 is 0 Å². The number of nitrogens with one attached hydrogen (secondary N) is 1. The molecule has 1 aliphatic rings. The molecule has 1 aromatic carbocycles. The van der Waals surface area contributed by atoms with E-state index >= 15 is 0 Å². The molecule has 0 aliphatic carbocycles. The molecule has 124 valence electrons. The second-order valence-electron chi connectivity index (χ2n) is 6.10. The van der Waals surface area contributed by atoms with E-state index in [1.807, 2.05) is 18.2 Å². The average molecular weight is 322 g/mol. The van der Waals surface area contributed by atoms with Gasteiger partial charge in [-0.05, 0) is 42.8 Å². The largest absolute Gasteiger partial charge is 0.369 e. The van der Waals surface area contributed by atoms with Crippen LogP contribution in [-0.4, -0.2) is 42.6 Å². The fourth-order valence-corrected chi connectivity index (χ4v) is 3.13. The van der Waals surface area contributed by atoms with Crippen molar-refractivity contribution in [2.45, 2.75) is 13.3 Å². The van der Waals surface area contributed by atoms with Crippen molar-refractivity contribution >= 4 is 5.69 Å². The summed E-state index contributed by atoms with van der Waals surface area (Å²) >= 11 is 0. The summed E-state index contributed by atoms with van der Waals surface area (Å²) in [6, 6.07) is 13.5. The summed E-state index contributed by atoms with van der Waals surface area (Å²) in [5.74, 6) is 0. The van der Waals surface area contributed by atoms with Gasteiger partial charge in [-0.25, -0.2) is 0 Å². The number of nitriles is 1. The molecule has 2 heterocycles. The zero-order chi connectivity index (χ0) is 16.9. The number of H-pyrrole nitrogens is 1. The van der Waals surface area contributed by atoms with Crippen LogP contribution in [0.5, 0.6) is 0 Å². The Labute approximate surface area is 142 Å². The molecule has 5 heteroatoms. The molecule has 3 rings (SSSR count). The number of hydrogen-bond donors (Lipinski definition) is 1. The molecule has 0 saturated carbocycles. The molecule has 5 nitrogen and oxygen atoms in total. The van der Waals surface area contributed by atoms with Crippen molar-refractivity contribution in [1.29, 1.82) is 5.26 Å². The molecule has 0 spiro atoms. The van der Waals surface area contributed by atoms with Gasteiger partial charge < -0.3 is 9.88 Å². The van der Waals surface area contributed by atoms with Crippen LogP contribution in [-0.2, 0) is 0 Å². The van der Waals surface area contributed by atoms with Gasteiger partial charge in [0, 0.05) is 37.6 Å². The summed E-state index contributed by atoms with van der Waals surface area (Å²) in [6.07, 6.45) is 1.21. The highest BCUT2D eigenvalue weighted by atomic mass is 16.1. The second-order valence-corrected chi connectivity index (χ2v) is 6.10. The Kier molecular flexibility index (Phi) is 4.97. The van der Waals surface area contributed by atoms with Gasteiger partial charge in [0.2, 0.25) is 0 Å². The van der Waals surface area contributed by atoms with Gasteiger partial charge in [-0.1, -0.05) is 19.1 Å². The van der Waals surface area contributed by atoms with Gasteiger partial charge in [-0.15, -0.1) is 0 Å². The second kappa shape index (κ2) is 7.33. The van der Waals surface area contributed by atoms with E-state index in [4.69, 9.17) is 5.26 Å². The smallest absolute Gasteiger partial charge is 0.266 e. The van der Waals surface area contributed by atoms with Crippen LogP contribution in [0.15, 0.2) is 41.2 Å². The predicted octanol–water partition coefficient (Wildman–Crippen LogP) is 2.45. The van der Waals surface area contributed by atoms with Gasteiger partial charge in [0.25, 0.3) is 5.56 Å². The van der Waals surface area contributed by atoms with Gasteiger partial charge in [-0.2, -0.15) is 5.26 Å². The molecular formula is C19H22N4O. The number of rotatable bonds is 4. The quantitative estimate of drug-likeness (QED) is 0.939. The highest BCUT2D eigenvalue weighted by Crippen LogP contribution is 2.22. The van der Waals surface area contributed by atoms with Crippen LogP contribution in [0.4, 0.5) is 5.69 Å². The molecular weight excluding hydrogens is 300 g/mol. The lowest BCUT2D eigenvalue weighted by Gasteiger charge is -2.36. The molecule has 1 aliphatic heterocycles. The molecule has 0 radical (unpaired) electrons. The van der Waals surface area contributed by atoms with Crippen molar-refractivity contribution in [3.63, 3.8) is 0 Å². The summed E-state index contributed by atoms with van der Waals surface area (Å²) in [4.78, 5) is 19.4. The third kappa shape index (κ3) is 3.50. The number of benzene rings is 1. The van der Waals surface area contributed by atoms with Crippen LogP contribution in [0.2, 0.25) is 0 Å². The third-order valence-electron chi connectivity index (χ3n) is 4.49. The van der Waals surface area contributed by atoms with Crippen LogP contribution in [0.25, 0.3) is 11.3 Å². The zero-order valence-corrected chi connectivity index (χ0v) is 14.0. The van der Waals surface area contributed by atoms with E-state index in [9.17, 15) is 4.79 Å². The number of aromatic amines is 1. The molecule has 0 amide bonds. The number of nitrogens with zero attached hydrogens (tertiary/aromatic N) is 3. The monoisotopic (exact) mass is 322 g/mol. The van der Waals surface area contributed by atoms with Crippen molar-refractivity contribution in [3.8, 4) is 17.3 Å². The lowest BCUT2D eigenvalue weighted by Crippen LogP contribution is -2.46. The molecule has 1 N–H and O–H groups in total. The molecule has 1 aromatic heterocycles. The minimum absolute atomic E-state index is 0.139. The van der Waals surface area contributed by atoms with Crippen molar-refractivity contribution < 1.29 is 0 Å². The van der Waals surface area contributed by atoms with Crippen LogP contribution in [0.1, 0.15) is 18.9 Å². The van der Waals surface area contributed by atoms with E-state index in [0.29, 0.717) is 0 Å². The topological polar surface area (TPSA) is 63.1 Å². The molecule has 0 atom stereocenters. The fraction of sp³-hybridized carbons (Fsp3) is 0.368. The molecule has 1 saturated heterocycles. The number of aromatic nitrogens is 1. The van der Waals surface area contributed by atoms with Gasteiger partial charge in [-0.3, -0.25) is 9.69 Å². The average Bonchev–Trinajstić information content (AvgIpc) is 2.63. The highest BCUT2D eigenvalue weighted by molar-refractivity contribution is 5.63. The Morgan fingerprint density at radius 2 is 1.79 bits per heavy atom. The molecule has 24 heavy (non-hydrogen) atoms. The summed E-state index contributed by atoms with van der Waals surface area (Å²) in [5, 5.41) is 8.83. The normalized spacial score (nSPS) is 15.2. The van der Waals surface area contributed by atoms with Gasteiger partial charge in [0.1, 0.15) is 11.6 Å². The van der Waals surface area contributed by atoms with Gasteiger partial charge in [0.05, 0.1) is 0 Å². The minimum Gasteiger partial charge on any atom is -0.369 e. The Morgan fingerprint density at radius 3 is 2.38 bits per heavy atom. The number of hydrogen-bond acceptors (Lipinski definition) is 4. The Bertz CT molecular complexity index is 780.